The van der Waals surface area contributed by atoms with Gasteiger partial charge in [-0.1, -0.05) is 0 Å². The van der Waals surface area contributed by atoms with Gasteiger partial charge in [0.05, 0.1) is 19.1 Å². The van der Waals surface area contributed by atoms with E-state index in [1.54, 1.807) is 0 Å². The maximum atomic E-state index is 13.9. The lowest BCUT2D eigenvalue weighted by molar-refractivity contribution is -0.121. The van der Waals surface area contributed by atoms with Crippen molar-refractivity contribution in [2.45, 2.75) is 0 Å². The average Bonchev–Trinajstić information content (AvgIpc) is 2.68. The van der Waals surface area contributed by atoms with E-state index in [4.69, 9.17) is 9.47 Å². The summed E-state index contributed by atoms with van der Waals surface area (Å²) in [5.74, 6) is -0.415. The van der Waals surface area contributed by atoms with Crippen molar-refractivity contribution in [2.75, 3.05) is 21.3 Å². The Kier molecular flexibility index (Phi) is 3.99. The number of carbonyl (C=O) groups is 2. The van der Waals surface area contributed by atoms with E-state index in [0.717, 1.165) is 16.7 Å². The quantitative estimate of drug-likeness (QED) is 0.802. The monoisotopic (exact) mass is 297 g/mol. The number of likely N-dealkylation sites (N-methyl/N-ethyl adjacent to an activating group) is 1. The van der Waals surface area contributed by atoms with E-state index in [-0.39, 0.29) is 21.5 Å². The molecule has 20 heavy (non-hydrogen) atoms. The van der Waals surface area contributed by atoms with Gasteiger partial charge in [0.15, 0.2) is 11.5 Å². The van der Waals surface area contributed by atoms with Crippen molar-refractivity contribution in [1.82, 2.24) is 4.90 Å². The van der Waals surface area contributed by atoms with Gasteiger partial charge in [0, 0.05) is 18.7 Å². The zero-order valence-electron chi connectivity index (χ0n) is 11.1. The highest BCUT2D eigenvalue weighted by atomic mass is 32.2. The number of ether oxygens (including phenoxy) is 2. The zero-order chi connectivity index (χ0) is 14.9. The molecular weight excluding hydrogens is 285 g/mol. The molecule has 0 radical (unpaired) electrons. The Morgan fingerprint density at radius 3 is 2.30 bits per heavy atom. The number of carbonyl (C=O) groups excluding carboxylic acids is 2. The molecule has 1 aliphatic rings. The summed E-state index contributed by atoms with van der Waals surface area (Å²) in [6.07, 6.45) is 1.33. The Hall–Kier alpha value is -2.02. The van der Waals surface area contributed by atoms with Gasteiger partial charge < -0.3 is 9.47 Å². The van der Waals surface area contributed by atoms with E-state index in [2.05, 4.69) is 0 Å². The molecule has 0 atom stereocenters. The minimum atomic E-state index is -0.564. The summed E-state index contributed by atoms with van der Waals surface area (Å²) in [4.78, 5) is 24.3. The second kappa shape index (κ2) is 5.54. The molecule has 1 fully saturated rings. The fourth-order valence-electron chi connectivity index (χ4n) is 1.67. The van der Waals surface area contributed by atoms with Crippen LogP contribution in [0.15, 0.2) is 17.0 Å². The SMILES string of the molecule is COc1cc(F)c(/C=C2\SC(=O)N(C)C2=O)cc1OC. The predicted molar refractivity (Wildman–Crippen MR) is 73.2 cm³/mol. The highest BCUT2D eigenvalue weighted by Crippen LogP contribution is 2.34. The van der Waals surface area contributed by atoms with E-state index < -0.39 is 11.7 Å². The second-order valence-electron chi connectivity index (χ2n) is 3.97. The van der Waals surface area contributed by atoms with Crippen LogP contribution in [-0.4, -0.2) is 37.3 Å². The first kappa shape index (κ1) is 14.4. The average molecular weight is 297 g/mol. The fourth-order valence-corrected chi connectivity index (χ4v) is 2.49. The van der Waals surface area contributed by atoms with Crippen molar-refractivity contribution in [3.8, 4) is 11.5 Å². The lowest BCUT2D eigenvalue weighted by Crippen LogP contribution is -2.22. The van der Waals surface area contributed by atoms with Gasteiger partial charge in [-0.2, -0.15) is 0 Å². The molecule has 1 saturated heterocycles. The molecule has 0 spiro atoms. The van der Waals surface area contributed by atoms with Gasteiger partial charge in [-0.05, 0) is 23.9 Å². The highest BCUT2D eigenvalue weighted by Gasteiger charge is 2.32. The molecule has 1 aromatic carbocycles. The van der Waals surface area contributed by atoms with Crippen LogP contribution in [0.1, 0.15) is 5.56 Å². The Balaban J connectivity index is 2.44. The third kappa shape index (κ3) is 2.49. The molecule has 106 valence electrons. The van der Waals surface area contributed by atoms with Crippen LogP contribution >= 0.6 is 11.8 Å². The third-order valence-electron chi connectivity index (χ3n) is 2.78. The first-order valence-corrected chi connectivity index (χ1v) is 6.42. The molecule has 0 unspecified atom stereocenters. The van der Waals surface area contributed by atoms with Gasteiger partial charge in [0.2, 0.25) is 0 Å². The molecule has 0 aliphatic carbocycles. The Labute approximate surface area is 119 Å². The molecule has 1 heterocycles. The second-order valence-corrected chi connectivity index (χ2v) is 4.96. The van der Waals surface area contributed by atoms with Crippen LogP contribution < -0.4 is 9.47 Å². The molecule has 5 nitrogen and oxygen atoms in total. The molecule has 1 aliphatic heterocycles. The maximum Gasteiger partial charge on any atom is 0.293 e. The van der Waals surface area contributed by atoms with Crippen LogP contribution in [0.2, 0.25) is 0 Å². The van der Waals surface area contributed by atoms with E-state index in [9.17, 15) is 14.0 Å². The van der Waals surface area contributed by atoms with Crippen LogP contribution in [0.3, 0.4) is 0 Å². The summed E-state index contributed by atoms with van der Waals surface area (Å²) >= 11 is 0.769. The van der Waals surface area contributed by atoms with Gasteiger partial charge in [-0.15, -0.1) is 0 Å². The Morgan fingerprint density at radius 1 is 1.20 bits per heavy atom. The fraction of sp³-hybridized carbons (Fsp3) is 0.231. The number of halogens is 1. The number of hydrogen-bond donors (Lipinski definition) is 0. The number of imide groups is 1. The summed E-state index contributed by atoms with van der Waals surface area (Å²) in [5.41, 5.74) is 0.154. The predicted octanol–water partition coefficient (Wildman–Crippen LogP) is 2.51. The minimum Gasteiger partial charge on any atom is -0.493 e. The minimum absolute atomic E-state index is 0.154. The highest BCUT2D eigenvalue weighted by molar-refractivity contribution is 8.18. The lowest BCUT2D eigenvalue weighted by Gasteiger charge is -2.09. The number of nitrogens with zero attached hydrogens (tertiary/aromatic N) is 1. The van der Waals surface area contributed by atoms with Crippen LogP contribution in [0.4, 0.5) is 9.18 Å². The van der Waals surface area contributed by atoms with Gasteiger partial charge in [-0.25, -0.2) is 4.39 Å². The number of methoxy groups -OCH3 is 2. The zero-order valence-corrected chi connectivity index (χ0v) is 11.9. The van der Waals surface area contributed by atoms with Crippen LogP contribution in [-0.2, 0) is 4.79 Å². The van der Waals surface area contributed by atoms with E-state index >= 15 is 0 Å². The van der Waals surface area contributed by atoms with Gasteiger partial charge >= 0.3 is 0 Å². The molecule has 0 N–H and O–H groups in total. The first-order chi connectivity index (χ1) is 9.47. The summed E-state index contributed by atoms with van der Waals surface area (Å²) in [7, 11) is 4.21. The molecule has 7 heteroatoms. The van der Waals surface area contributed by atoms with Crippen molar-refractivity contribution in [3.63, 3.8) is 0 Å². The van der Waals surface area contributed by atoms with Crippen molar-refractivity contribution >= 4 is 29.0 Å². The van der Waals surface area contributed by atoms with Crippen molar-refractivity contribution < 1.29 is 23.5 Å². The number of hydrogen-bond acceptors (Lipinski definition) is 5. The summed E-state index contributed by atoms with van der Waals surface area (Å²) in [6, 6.07) is 2.58. The summed E-state index contributed by atoms with van der Waals surface area (Å²) < 4.78 is 24.0. The third-order valence-corrected chi connectivity index (χ3v) is 3.74. The summed E-state index contributed by atoms with van der Waals surface area (Å²) in [5, 5.41) is -0.387. The number of benzene rings is 1. The van der Waals surface area contributed by atoms with Gasteiger partial charge in [-0.3, -0.25) is 14.5 Å². The molecule has 0 saturated carbocycles. The molecule has 2 amide bonds. The molecule has 1 aromatic rings. The smallest absolute Gasteiger partial charge is 0.293 e. The van der Waals surface area contributed by atoms with Crippen LogP contribution in [0, 0.1) is 5.82 Å². The Morgan fingerprint density at radius 2 is 1.80 bits per heavy atom. The topological polar surface area (TPSA) is 55.8 Å². The van der Waals surface area contributed by atoms with E-state index in [0.29, 0.717) is 5.75 Å². The lowest BCUT2D eigenvalue weighted by atomic mass is 10.1. The molecule has 0 bridgehead atoms. The largest absolute Gasteiger partial charge is 0.493 e. The normalized spacial score (nSPS) is 17.0. The molecule has 2 rings (SSSR count). The maximum absolute atomic E-state index is 13.9. The number of rotatable bonds is 3. The van der Waals surface area contributed by atoms with Gasteiger partial charge in [0.25, 0.3) is 11.1 Å². The first-order valence-electron chi connectivity index (χ1n) is 5.61. The van der Waals surface area contributed by atoms with Crippen LogP contribution in [0.5, 0.6) is 11.5 Å². The standard InChI is InChI=1S/C13H12FNO4S/c1-15-12(16)11(20-13(15)17)5-7-4-9(18-2)10(19-3)6-8(7)14/h4-6H,1-3H3/b11-5-. The number of amides is 2. The van der Waals surface area contributed by atoms with Crippen molar-refractivity contribution in [3.05, 3.63) is 28.4 Å². The van der Waals surface area contributed by atoms with E-state index in [1.165, 1.54) is 39.5 Å². The van der Waals surface area contributed by atoms with Crippen molar-refractivity contribution in [2.24, 2.45) is 0 Å². The van der Waals surface area contributed by atoms with E-state index in [1.807, 2.05) is 0 Å². The van der Waals surface area contributed by atoms with Crippen molar-refractivity contribution in [1.29, 1.82) is 0 Å². The number of thioether (sulfide) groups is 1. The Bertz CT molecular complexity index is 615. The molecule has 0 aromatic heterocycles. The van der Waals surface area contributed by atoms with Crippen LogP contribution in [0.25, 0.3) is 6.08 Å². The van der Waals surface area contributed by atoms with Gasteiger partial charge in [0.1, 0.15) is 5.82 Å². The summed E-state index contributed by atoms with van der Waals surface area (Å²) in [6.45, 7) is 0. The molecular formula is C13H12FNO4S.